The molecular weight excluding hydrogens is 390 g/mol. The van der Waals surface area contributed by atoms with Gasteiger partial charge in [-0.15, -0.1) is 0 Å². The maximum atomic E-state index is 13.1. The van der Waals surface area contributed by atoms with Gasteiger partial charge in [0.15, 0.2) is 5.78 Å². The van der Waals surface area contributed by atoms with Gasteiger partial charge in [0.2, 0.25) is 5.78 Å². The van der Waals surface area contributed by atoms with Gasteiger partial charge in [-0.3, -0.25) is 14.4 Å². The number of halogens is 1. The lowest BCUT2D eigenvalue weighted by molar-refractivity contribution is -0.120. The lowest BCUT2D eigenvalue weighted by Gasteiger charge is -2.43. The lowest BCUT2D eigenvalue weighted by Crippen LogP contribution is -2.44. The zero-order chi connectivity index (χ0) is 20.5. The topological polar surface area (TPSA) is 158 Å². The Labute approximate surface area is 163 Å². The van der Waals surface area contributed by atoms with E-state index in [0.29, 0.717) is 0 Å². The molecule has 6 N–H and O–H groups in total. The summed E-state index contributed by atoms with van der Waals surface area (Å²) in [5.74, 6) is -6.99. The molecule has 0 saturated carbocycles. The quantitative estimate of drug-likeness (QED) is 0.444. The first kappa shape index (κ1) is 18.5. The summed E-state index contributed by atoms with van der Waals surface area (Å²) in [5.41, 5.74) is 4.24. The molecule has 3 aliphatic rings. The molecule has 3 aliphatic carbocycles. The van der Waals surface area contributed by atoms with Crippen molar-refractivity contribution in [1.29, 1.82) is 0 Å². The number of phenolic OH excluding ortho intramolecular Hbond substituents is 1. The van der Waals surface area contributed by atoms with Crippen LogP contribution in [0.4, 0.5) is 0 Å². The molecule has 1 aromatic rings. The molecule has 0 heterocycles. The van der Waals surface area contributed by atoms with E-state index in [1.807, 2.05) is 0 Å². The number of ketones is 2. The van der Waals surface area contributed by atoms with Crippen LogP contribution in [-0.4, -0.2) is 37.9 Å². The van der Waals surface area contributed by atoms with Gasteiger partial charge in [-0.2, -0.15) is 0 Å². The van der Waals surface area contributed by atoms with Crippen LogP contribution in [0.2, 0.25) is 5.02 Å². The van der Waals surface area contributed by atoms with E-state index < -0.39 is 64.2 Å². The average Bonchev–Trinajstić information content (AvgIpc) is 2.60. The minimum Gasteiger partial charge on any atom is -0.511 e. The molecule has 146 valence electrons. The summed E-state index contributed by atoms with van der Waals surface area (Å²) in [6, 6.07) is 2.56. The number of fused-ring (bicyclic) bond motifs is 3. The van der Waals surface area contributed by atoms with Crippen LogP contribution in [0.5, 0.6) is 5.75 Å². The number of hydrogen-bond donors (Lipinski definition) is 5. The Morgan fingerprint density at radius 3 is 2.50 bits per heavy atom. The third-order valence-electron chi connectivity index (χ3n) is 5.81. The fourth-order valence-electron chi connectivity index (χ4n) is 4.63. The number of aromatic hydroxyl groups is 1. The van der Waals surface area contributed by atoms with E-state index >= 15 is 0 Å². The average molecular weight is 406 g/mol. The van der Waals surface area contributed by atoms with Crippen LogP contribution in [0.25, 0.3) is 0 Å². The van der Waals surface area contributed by atoms with Crippen LogP contribution in [0.15, 0.2) is 34.8 Å². The molecule has 4 unspecified atom stereocenters. The van der Waals surface area contributed by atoms with Gasteiger partial charge in [0.25, 0.3) is 5.91 Å². The van der Waals surface area contributed by atoms with Gasteiger partial charge in [0.05, 0.1) is 17.6 Å². The third kappa shape index (κ3) is 2.31. The molecule has 0 aliphatic heterocycles. The number of Topliss-reactive ketones (excluding diaryl/α,β-unsaturated/α-hetero) is 2. The molecule has 0 radical (unpaired) electrons. The molecule has 0 saturated heterocycles. The summed E-state index contributed by atoms with van der Waals surface area (Å²) < 4.78 is 0. The first-order valence-electron chi connectivity index (χ1n) is 8.58. The second-order valence-corrected chi connectivity index (χ2v) is 7.66. The zero-order valence-corrected chi connectivity index (χ0v) is 15.1. The van der Waals surface area contributed by atoms with Gasteiger partial charge < -0.3 is 26.2 Å². The molecule has 28 heavy (non-hydrogen) atoms. The highest BCUT2D eigenvalue weighted by molar-refractivity contribution is 6.32. The Hall–Kier alpha value is -2.84. The van der Waals surface area contributed by atoms with Crippen LogP contribution in [0.3, 0.4) is 0 Å². The fourth-order valence-corrected chi connectivity index (χ4v) is 4.90. The number of carbonyl (C=O) groups excluding carboxylic acids is 3. The van der Waals surface area contributed by atoms with Crippen molar-refractivity contribution in [2.24, 2.45) is 23.5 Å². The van der Waals surface area contributed by atoms with Crippen molar-refractivity contribution < 1.29 is 34.8 Å². The third-order valence-corrected chi connectivity index (χ3v) is 6.14. The second-order valence-electron chi connectivity index (χ2n) is 7.26. The van der Waals surface area contributed by atoms with E-state index in [-0.39, 0.29) is 34.6 Å². The summed E-state index contributed by atoms with van der Waals surface area (Å²) in [7, 11) is 0. The summed E-state index contributed by atoms with van der Waals surface area (Å²) >= 11 is 6.13. The maximum absolute atomic E-state index is 13.1. The Kier molecular flexibility index (Phi) is 4.02. The smallest absolute Gasteiger partial charge is 0.256 e. The molecule has 0 fully saturated rings. The Balaban J connectivity index is 1.90. The van der Waals surface area contributed by atoms with Crippen molar-refractivity contribution in [3.05, 3.63) is 50.9 Å². The number of aliphatic hydroxyl groups is 3. The van der Waals surface area contributed by atoms with Gasteiger partial charge in [-0.1, -0.05) is 11.6 Å². The van der Waals surface area contributed by atoms with E-state index in [2.05, 4.69) is 0 Å². The fraction of sp³-hybridized carbons (Fsp3) is 0.316. The summed E-state index contributed by atoms with van der Waals surface area (Å²) in [4.78, 5) is 37.2. The van der Waals surface area contributed by atoms with Crippen LogP contribution < -0.4 is 5.73 Å². The second kappa shape index (κ2) is 6.08. The minimum absolute atomic E-state index is 0.0730. The van der Waals surface area contributed by atoms with Crippen molar-refractivity contribution >= 4 is 29.1 Å². The number of rotatable bonds is 1. The summed E-state index contributed by atoms with van der Waals surface area (Å²) in [6.07, 6.45) is -1.32. The van der Waals surface area contributed by atoms with Crippen LogP contribution in [-0.2, 0) is 9.59 Å². The molecular formula is C19H16ClNO7. The van der Waals surface area contributed by atoms with E-state index in [1.165, 1.54) is 12.1 Å². The maximum Gasteiger partial charge on any atom is 0.256 e. The van der Waals surface area contributed by atoms with Crippen molar-refractivity contribution in [2.75, 3.05) is 0 Å². The van der Waals surface area contributed by atoms with E-state index in [4.69, 9.17) is 17.3 Å². The number of aliphatic hydroxyl groups excluding tert-OH is 3. The number of carbonyl (C=O) groups is 3. The molecule has 0 spiro atoms. The van der Waals surface area contributed by atoms with Crippen molar-refractivity contribution in [3.8, 4) is 5.75 Å². The number of hydrogen-bond acceptors (Lipinski definition) is 7. The molecule has 1 amide bonds. The van der Waals surface area contributed by atoms with Crippen LogP contribution in [0.1, 0.15) is 34.9 Å². The largest absolute Gasteiger partial charge is 0.511 e. The van der Waals surface area contributed by atoms with Gasteiger partial charge >= 0.3 is 0 Å². The first-order chi connectivity index (χ1) is 13.1. The molecule has 9 heteroatoms. The Bertz CT molecular complexity index is 1030. The van der Waals surface area contributed by atoms with Crippen LogP contribution >= 0.6 is 11.6 Å². The normalized spacial score (nSPS) is 29.4. The predicted octanol–water partition coefficient (Wildman–Crippen LogP) is 1.61. The van der Waals surface area contributed by atoms with Gasteiger partial charge in [0, 0.05) is 28.5 Å². The summed E-state index contributed by atoms with van der Waals surface area (Å²) in [5, 5.41) is 41.9. The van der Waals surface area contributed by atoms with Gasteiger partial charge in [-0.05, 0) is 24.5 Å². The molecule has 0 aromatic heterocycles. The van der Waals surface area contributed by atoms with Crippen LogP contribution in [0, 0.1) is 17.8 Å². The zero-order valence-electron chi connectivity index (χ0n) is 14.3. The van der Waals surface area contributed by atoms with E-state index in [0.717, 1.165) is 0 Å². The first-order valence-corrected chi connectivity index (χ1v) is 8.96. The summed E-state index contributed by atoms with van der Waals surface area (Å²) in [6.45, 7) is 0. The van der Waals surface area contributed by atoms with Gasteiger partial charge in [-0.25, -0.2) is 0 Å². The molecule has 8 nitrogen and oxygen atoms in total. The molecule has 1 aromatic carbocycles. The number of benzene rings is 1. The molecule has 4 atom stereocenters. The number of phenols is 1. The van der Waals surface area contributed by atoms with Gasteiger partial charge in [0.1, 0.15) is 22.8 Å². The molecule has 0 bridgehead atoms. The van der Waals surface area contributed by atoms with E-state index in [1.54, 1.807) is 0 Å². The number of allylic oxidation sites excluding steroid dienone is 3. The van der Waals surface area contributed by atoms with E-state index in [9.17, 15) is 34.8 Å². The molecule has 4 rings (SSSR count). The predicted molar refractivity (Wildman–Crippen MR) is 95.6 cm³/mol. The van der Waals surface area contributed by atoms with Crippen molar-refractivity contribution in [2.45, 2.75) is 18.9 Å². The Morgan fingerprint density at radius 1 is 1.18 bits per heavy atom. The highest BCUT2D eigenvalue weighted by Crippen LogP contribution is 2.54. The SMILES string of the molecule is NC(=O)C1=C(O)CC2CC3C(C(=O)c4c(O)ccc(Cl)c4C3O)C(O)=C2C1=O. The minimum atomic E-state index is -1.28. The number of nitrogens with two attached hydrogens (primary N) is 1. The highest BCUT2D eigenvalue weighted by atomic mass is 35.5. The standard InChI is InChI=1S/C19H16ClNO7/c20-7-1-2-8(22)13-12(7)15(24)6-3-5-4-9(23)14(19(21)28)17(26)10(5)16(25)11(6)18(13)27/h1-2,5-6,11,15,22-25H,3-4H2,(H2,21,28). The monoisotopic (exact) mass is 405 g/mol. The lowest BCUT2D eigenvalue weighted by atomic mass is 9.61. The van der Waals surface area contributed by atoms with Crippen molar-refractivity contribution in [1.82, 2.24) is 0 Å². The highest BCUT2D eigenvalue weighted by Gasteiger charge is 2.53. The number of amides is 1. The number of primary amides is 1. The van der Waals surface area contributed by atoms with Crippen molar-refractivity contribution in [3.63, 3.8) is 0 Å². The Morgan fingerprint density at radius 2 is 1.86 bits per heavy atom.